The molecule has 4 rings (SSSR count). The SMILES string of the molecule is CCC1Cc2c(C)nc3ncnn3c2N1Cc1ccccc1F. The van der Waals surface area contributed by atoms with E-state index in [1.165, 1.54) is 18.0 Å². The number of hydrogen-bond donors (Lipinski definition) is 0. The van der Waals surface area contributed by atoms with Gasteiger partial charge in [0.15, 0.2) is 0 Å². The van der Waals surface area contributed by atoms with Gasteiger partial charge in [-0.3, -0.25) is 0 Å². The van der Waals surface area contributed by atoms with E-state index in [-0.39, 0.29) is 5.82 Å². The molecule has 0 saturated carbocycles. The molecule has 118 valence electrons. The third-order valence-electron chi connectivity index (χ3n) is 4.63. The Balaban J connectivity index is 1.85. The third-order valence-corrected chi connectivity index (χ3v) is 4.63. The van der Waals surface area contributed by atoms with Crippen molar-refractivity contribution in [2.45, 2.75) is 39.3 Å². The minimum Gasteiger partial charge on any atom is -0.348 e. The molecular formula is C17H18FN5. The number of hydrogen-bond acceptors (Lipinski definition) is 4. The van der Waals surface area contributed by atoms with Crippen molar-refractivity contribution in [1.29, 1.82) is 0 Å². The molecule has 2 aromatic heterocycles. The van der Waals surface area contributed by atoms with Crippen molar-refractivity contribution < 1.29 is 4.39 Å². The second kappa shape index (κ2) is 5.30. The first kappa shape index (κ1) is 14.1. The lowest BCUT2D eigenvalue weighted by molar-refractivity contribution is 0.567. The molecule has 5 nitrogen and oxygen atoms in total. The lowest BCUT2D eigenvalue weighted by Crippen LogP contribution is -2.32. The van der Waals surface area contributed by atoms with Crippen LogP contribution in [-0.4, -0.2) is 25.6 Å². The molecule has 0 fully saturated rings. The summed E-state index contributed by atoms with van der Waals surface area (Å²) >= 11 is 0. The highest BCUT2D eigenvalue weighted by Gasteiger charge is 2.33. The lowest BCUT2D eigenvalue weighted by atomic mass is 10.1. The van der Waals surface area contributed by atoms with Gasteiger partial charge >= 0.3 is 0 Å². The quantitative estimate of drug-likeness (QED) is 0.746. The molecule has 0 N–H and O–H groups in total. The number of aromatic nitrogens is 4. The van der Waals surface area contributed by atoms with Gasteiger partial charge < -0.3 is 4.90 Å². The number of aryl methyl sites for hydroxylation is 1. The Morgan fingerprint density at radius 2 is 2.13 bits per heavy atom. The normalized spacial score (nSPS) is 17.0. The molecule has 3 aromatic rings. The standard InChI is InChI=1S/C17H18FN5/c1-3-13-8-14-11(2)21-17-19-10-20-23(17)16(14)22(13)9-12-6-4-5-7-15(12)18/h4-7,10,13H,3,8-9H2,1-2H3. The van der Waals surface area contributed by atoms with Crippen molar-refractivity contribution in [3.05, 3.63) is 53.2 Å². The van der Waals surface area contributed by atoms with E-state index >= 15 is 0 Å². The van der Waals surface area contributed by atoms with Gasteiger partial charge in [0.25, 0.3) is 5.78 Å². The Morgan fingerprint density at radius 1 is 1.30 bits per heavy atom. The fraction of sp³-hybridized carbons (Fsp3) is 0.353. The topological polar surface area (TPSA) is 46.3 Å². The molecule has 1 aliphatic heterocycles. The summed E-state index contributed by atoms with van der Waals surface area (Å²) < 4.78 is 15.9. The smallest absolute Gasteiger partial charge is 0.254 e. The van der Waals surface area contributed by atoms with Crippen LogP contribution in [0.2, 0.25) is 0 Å². The number of fused-ring (bicyclic) bond motifs is 3. The van der Waals surface area contributed by atoms with Crippen LogP contribution in [0.4, 0.5) is 10.2 Å². The summed E-state index contributed by atoms with van der Waals surface area (Å²) in [5, 5.41) is 4.32. The van der Waals surface area contributed by atoms with Crippen LogP contribution in [0, 0.1) is 12.7 Å². The molecular weight excluding hydrogens is 293 g/mol. The molecule has 0 spiro atoms. The van der Waals surface area contributed by atoms with Crippen LogP contribution in [0.1, 0.15) is 30.2 Å². The number of benzene rings is 1. The van der Waals surface area contributed by atoms with Gasteiger partial charge in [0.05, 0.1) is 0 Å². The molecule has 3 heterocycles. The maximum absolute atomic E-state index is 14.1. The van der Waals surface area contributed by atoms with Gasteiger partial charge in [-0.05, 0) is 25.8 Å². The first-order valence-electron chi connectivity index (χ1n) is 7.88. The van der Waals surface area contributed by atoms with Gasteiger partial charge in [0, 0.05) is 29.4 Å². The van der Waals surface area contributed by atoms with Crippen LogP contribution in [0.25, 0.3) is 5.78 Å². The molecule has 0 aliphatic carbocycles. The van der Waals surface area contributed by atoms with Crippen LogP contribution in [0.15, 0.2) is 30.6 Å². The van der Waals surface area contributed by atoms with E-state index < -0.39 is 0 Å². The van der Waals surface area contributed by atoms with Gasteiger partial charge in [-0.15, -0.1) is 0 Å². The molecule has 1 atom stereocenters. The lowest BCUT2D eigenvalue weighted by Gasteiger charge is -2.27. The zero-order valence-electron chi connectivity index (χ0n) is 13.2. The van der Waals surface area contributed by atoms with Crippen LogP contribution in [0.3, 0.4) is 0 Å². The predicted molar refractivity (Wildman–Crippen MR) is 85.9 cm³/mol. The summed E-state index contributed by atoms with van der Waals surface area (Å²) in [5.41, 5.74) is 2.86. The van der Waals surface area contributed by atoms with E-state index in [2.05, 4.69) is 26.9 Å². The van der Waals surface area contributed by atoms with E-state index in [0.717, 1.165) is 24.4 Å². The summed E-state index contributed by atoms with van der Waals surface area (Å²) in [6.07, 6.45) is 3.41. The van der Waals surface area contributed by atoms with Gasteiger partial charge in [-0.1, -0.05) is 25.1 Å². The second-order valence-corrected chi connectivity index (χ2v) is 5.96. The molecule has 0 radical (unpaired) electrons. The van der Waals surface area contributed by atoms with Crippen molar-refractivity contribution in [1.82, 2.24) is 19.6 Å². The predicted octanol–water partition coefficient (Wildman–Crippen LogP) is 2.91. The van der Waals surface area contributed by atoms with Crippen LogP contribution >= 0.6 is 0 Å². The fourth-order valence-electron chi connectivity index (χ4n) is 3.40. The van der Waals surface area contributed by atoms with Crippen molar-refractivity contribution in [3.63, 3.8) is 0 Å². The largest absolute Gasteiger partial charge is 0.348 e. The zero-order valence-corrected chi connectivity index (χ0v) is 13.2. The summed E-state index contributed by atoms with van der Waals surface area (Å²) in [6.45, 7) is 4.69. The van der Waals surface area contributed by atoms with Gasteiger partial charge in [0.1, 0.15) is 18.0 Å². The monoisotopic (exact) mass is 311 g/mol. The van der Waals surface area contributed by atoms with Crippen molar-refractivity contribution in [3.8, 4) is 0 Å². The Morgan fingerprint density at radius 3 is 2.91 bits per heavy atom. The molecule has 0 amide bonds. The minimum atomic E-state index is -0.170. The summed E-state index contributed by atoms with van der Waals surface area (Å²) in [5.74, 6) is 1.42. The van der Waals surface area contributed by atoms with E-state index in [1.54, 1.807) is 10.6 Å². The number of rotatable bonds is 3. The minimum absolute atomic E-state index is 0.170. The van der Waals surface area contributed by atoms with E-state index in [9.17, 15) is 4.39 Å². The highest BCUT2D eigenvalue weighted by Crippen LogP contribution is 2.36. The van der Waals surface area contributed by atoms with Gasteiger partial charge in [-0.2, -0.15) is 14.6 Å². The average Bonchev–Trinajstić information content (AvgIpc) is 3.14. The van der Waals surface area contributed by atoms with Crippen molar-refractivity contribution in [2.24, 2.45) is 0 Å². The molecule has 6 heteroatoms. The number of halogens is 1. The third kappa shape index (κ3) is 2.17. The highest BCUT2D eigenvalue weighted by atomic mass is 19.1. The summed E-state index contributed by atoms with van der Waals surface area (Å²) in [6, 6.07) is 7.26. The van der Waals surface area contributed by atoms with Gasteiger partial charge in [-0.25, -0.2) is 9.37 Å². The van der Waals surface area contributed by atoms with Crippen molar-refractivity contribution >= 4 is 11.6 Å². The Kier molecular flexibility index (Phi) is 3.25. The molecule has 1 aromatic carbocycles. The summed E-state index contributed by atoms with van der Waals surface area (Å²) in [4.78, 5) is 11.0. The first-order chi connectivity index (χ1) is 11.2. The molecule has 1 unspecified atom stereocenters. The molecule has 1 aliphatic rings. The van der Waals surface area contributed by atoms with Crippen LogP contribution in [0.5, 0.6) is 0 Å². The maximum Gasteiger partial charge on any atom is 0.254 e. The number of anilines is 1. The van der Waals surface area contributed by atoms with Crippen LogP contribution < -0.4 is 4.90 Å². The zero-order chi connectivity index (χ0) is 16.0. The fourth-order valence-corrected chi connectivity index (χ4v) is 3.40. The maximum atomic E-state index is 14.1. The summed E-state index contributed by atoms with van der Waals surface area (Å²) in [7, 11) is 0. The van der Waals surface area contributed by atoms with Crippen molar-refractivity contribution in [2.75, 3.05) is 4.90 Å². The molecule has 0 saturated heterocycles. The second-order valence-electron chi connectivity index (χ2n) is 5.96. The average molecular weight is 311 g/mol. The Bertz CT molecular complexity index is 873. The number of nitrogens with zero attached hydrogens (tertiary/aromatic N) is 5. The first-order valence-corrected chi connectivity index (χ1v) is 7.88. The van der Waals surface area contributed by atoms with E-state index in [4.69, 9.17) is 0 Å². The van der Waals surface area contributed by atoms with E-state index in [0.29, 0.717) is 23.9 Å². The van der Waals surface area contributed by atoms with Gasteiger partial charge in [0.2, 0.25) is 0 Å². The van der Waals surface area contributed by atoms with E-state index in [1.807, 2.05) is 19.1 Å². The Hall–Kier alpha value is -2.50. The molecule has 0 bridgehead atoms. The van der Waals surface area contributed by atoms with Crippen LogP contribution in [-0.2, 0) is 13.0 Å². The Labute approximate surface area is 133 Å². The highest BCUT2D eigenvalue weighted by molar-refractivity contribution is 5.60. The molecule has 23 heavy (non-hydrogen) atoms.